The van der Waals surface area contributed by atoms with E-state index in [-0.39, 0.29) is 17.8 Å². The molecule has 7 rings (SSSR count). The third-order valence-electron chi connectivity index (χ3n) is 14.0. The van der Waals surface area contributed by atoms with Crippen molar-refractivity contribution in [1.29, 1.82) is 0 Å². The van der Waals surface area contributed by atoms with E-state index in [9.17, 15) is 14.4 Å². The number of rotatable bonds is 7. The van der Waals surface area contributed by atoms with E-state index in [1.54, 1.807) is 55.5 Å². The minimum absolute atomic E-state index is 0.120. The molecule has 5 fully saturated rings. The summed E-state index contributed by atoms with van der Waals surface area (Å²) in [6.45, 7) is 6.42. The van der Waals surface area contributed by atoms with Crippen LogP contribution in [0, 0.1) is 28.6 Å². The monoisotopic (exact) mass is 687 g/mol. The Morgan fingerprint density at radius 3 is 2.04 bits per heavy atom. The molecule has 5 aliphatic rings. The molecule has 0 radical (unpaired) electrons. The summed E-state index contributed by atoms with van der Waals surface area (Å²) in [5.41, 5.74) is 5.88. The second kappa shape index (κ2) is 13.4. The fraction of sp³-hybridized carbons (Fsp3) is 0.634. The highest BCUT2D eigenvalue weighted by Crippen LogP contribution is 2.70. The normalized spacial score (nSPS) is 40.8. The van der Waals surface area contributed by atoms with Gasteiger partial charge in [-0.05, 0) is 106 Å². The minimum atomic E-state index is -1.43. The Labute approximate surface area is 295 Å². The molecule has 0 bridgehead atoms. The number of hydrogen-bond donors (Lipinski definition) is 1. The van der Waals surface area contributed by atoms with Crippen LogP contribution in [0.2, 0.25) is 0 Å². The summed E-state index contributed by atoms with van der Waals surface area (Å²) in [6, 6.07) is 17.4. The van der Waals surface area contributed by atoms with Gasteiger partial charge >= 0.3 is 17.9 Å². The van der Waals surface area contributed by atoms with Gasteiger partial charge < -0.3 is 29.4 Å². The minimum Gasteiger partial charge on any atom is -0.467 e. The SMILES string of the molecule is COC(=O)[C@@]1(O[C@@H]2O[C@H](C)[C@@H](OC(=O)c3ccccc3)C[C@@H]2OC(=O)c2ccccc2)CC[C@@]2(N)[C@@H]3CC[C@@H]4CCCC[C@]4(C)[C@H]3CC[C@]12C. The van der Waals surface area contributed by atoms with Gasteiger partial charge in [0.15, 0.2) is 18.0 Å². The van der Waals surface area contributed by atoms with Crippen molar-refractivity contribution in [3.05, 3.63) is 71.8 Å². The number of esters is 3. The number of methoxy groups -OCH3 is 1. The predicted molar refractivity (Wildman–Crippen MR) is 186 cm³/mol. The van der Waals surface area contributed by atoms with Gasteiger partial charge in [0.05, 0.1) is 24.3 Å². The Morgan fingerprint density at radius 2 is 1.40 bits per heavy atom. The number of nitrogens with two attached hydrogens (primary N) is 1. The number of carbonyl (C=O) groups is 3. The Hall–Kier alpha value is -3.27. The lowest BCUT2D eigenvalue weighted by atomic mass is 9.42. The molecule has 9 heteroatoms. The molecule has 0 unspecified atom stereocenters. The van der Waals surface area contributed by atoms with Crippen molar-refractivity contribution >= 4 is 17.9 Å². The number of carbonyl (C=O) groups excluding carboxylic acids is 3. The van der Waals surface area contributed by atoms with Crippen LogP contribution >= 0.6 is 0 Å². The summed E-state index contributed by atoms with van der Waals surface area (Å²) in [5, 5.41) is 0. The molecule has 1 saturated heterocycles. The highest BCUT2D eigenvalue weighted by Gasteiger charge is 2.75. The largest absolute Gasteiger partial charge is 0.467 e. The number of ether oxygens (including phenoxy) is 5. The van der Waals surface area contributed by atoms with Gasteiger partial charge in [-0.25, -0.2) is 14.4 Å². The van der Waals surface area contributed by atoms with Crippen molar-refractivity contribution in [2.24, 2.45) is 34.3 Å². The van der Waals surface area contributed by atoms with Crippen molar-refractivity contribution < 1.29 is 38.1 Å². The smallest absolute Gasteiger partial charge is 0.338 e. The molecule has 4 aliphatic carbocycles. The third kappa shape index (κ3) is 5.59. The summed E-state index contributed by atoms with van der Waals surface area (Å²) < 4.78 is 31.1. The van der Waals surface area contributed by atoms with Crippen molar-refractivity contribution in [2.75, 3.05) is 7.11 Å². The number of hydrogen-bond acceptors (Lipinski definition) is 9. The maximum atomic E-state index is 14.2. The maximum absolute atomic E-state index is 14.2. The van der Waals surface area contributed by atoms with E-state index < -0.39 is 59.1 Å². The van der Waals surface area contributed by atoms with Crippen molar-refractivity contribution in [3.63, 3.8) is 0 Å². The van der Waals surface area contributed by atoms with Crippen LogP contribution in [-0.2, 0) is 28.5 Å². The second-order valence-corrected chi connectivity index (χ2v) is 16.2. The van der Waals surface area contributed by atoms with Crippen LogP contribution in [0.4, 0.5) is 0 Å². The molecular weight excluding hydrogens is 634 g/mol. The van der Waals surface area contributed by atoms with Crippen LogP contribution in [0.15, 0.2) is 60.7 Å². The molecule has 1 heterocycles. The summed E-state index contributed by atoms with van der Waals surface area (Å²) >= 11 is 0. The topological polar surface area (TPSA) is 123 Å². The molecule has 0 amide bonds. The van der Waals surface area contributed by atoms with Crippen molar-refractivity contribution in [3.8, 4) is 0 Å². The van der Waals surface area contributed by atoms with Crippen LogP contribution in [0.5, 0.6) is 0 Å². The van der Waals surface area contributed by atoms with Crippen LogP contribution in [0.3, 0.4) is 0 Å². The zero-order chi connectivity index (χ0) is 35.3. The molecule has 1 aliphatic heterocycles. The highest BCUT2D eigenvalue weighted by atomic mass is 16.7. The Balaban J connectivity index is 1.19. The number of fused-ring (bicyclic) bond motifs is 5. The summed E-state index contributed by atoms with van der Waals surface area (Å²) in [4.78, 5) is 40.8. The summed E-state index contributed by atoms with van der Waals surface area (Å²) in [5.74, 6) is -0.0561. The highest BCUT2D eigenvalue weighted by molar-refractivity contribution is 5.90. The first-order valence-electron chi connectivity index (χ1n) is 18.7. The first-order valence-corrected chi connectivity index (χ1v) is 18.7. The van der Waals surface area contributed by atoms with E-state index in [0.29, 0.717) is 29.9 Å². The van der Waals surface area contributed by atoms with Gasteiger partial charge in [-0.15, -0.1) is 0 Å². The lowest BCUT2D eigenvalue weighted by molar-refractivity contribution is -0.313. The third-order valence-corrected chi connectivity index (χ3v) is 14.0. The van der Waals surface area contributed by atoms with E-state index in [4.69, 9.17) is 29.4 Å². The van der Waals surface area contributed by atoms with Gasteiger partial charge in [-0.1, -0.05) is 63.1 Å². The van der Waals surface area contributed by atoms with Gasteiger partial charge in [0.25, 0.3) is 0 Å². The average Bonchev–Trinajstić information content (AvgIpc) is 3.37. The van der Waals surface area contributed by atoms with Gasteiger partial charge in [-0.3, -0.25) is 0 Å². The first kappa shape index (κ1) is 35.1. The van der Waals surface area contributed by atoms with Crippen LogP contribution in [0.25, 0.3) is 0 Å². The molecule has 4 saturated carbocycles. The van der Waals surface area contributed by atoms with Crippen molar-refractivity contribution in [1.82, 2.24) is 0 Å². The van der Waals surface area contributed by atoms with Crippen LogP contribution in [-0.4, -0.2) is 60.8 Å². The van der Waals surface area contributed by atoms with Crippen molar-refractivity contribution in [2.45, 2.75) is 127 Å². The molecule has 9 nitrogen and oxygen atoms in total. The maximum Gasteiger partial charge on any atom is 0.338 e. The van der Waals surface area contributed by atoms with E-state index in [2.05, 4.69) is 13.8 Å². The molecule has 11 atom stereocenters. The van der Waals surface area contributed by atoms with E-state index in [1.807, 2.05) is 12.1 Å². The van der Waals surface area contributed by atoms with Crippen LogP contribution in [0.1, 0.15) is 112 Å². The molecule has 2 aromatic carbocycles. The van der Waals surface area contributed by atoms with Gasteiger partial charge in [0.2, 0.25) is 0 Å². The zero-order valence-electron chi connectivity index (χ0n) is 29.9. The van der Waals surface area contributed by atoms with Gasteiger partial charge in [-0.2, -0.15) is 0 Å². The Bertz CT molecular complexity index is 1570. The first-order chi connectivity index (χ1) is 24.0. The quantitative estimate of drug-likeness (QED) is 0.242. The van der Waals surface area contributed by atoms with E-state index >= 15 is 0 Å². The second-order valence-electron chi connectivity index (χ2n) is 16.2. The van der Waals surface area contributed by atoms with E-state index in [0.717, 1.165) is 25.2 Å². The molecule has 0 aromatic heterocycles. The van der Waals surface area contributed by atoms with Gasteiger partial charge in [0, 0.05) is 17.4 Å². The summed E-state index contributed by atoms with van der Waals surface area (Å²) in [7, 11) is 1.39. The molecular formula is C41H53NO8. The van der Waals surface area contributed by atoms with Crippen LogP contribution < -0.4 is 5.73 Å². The lowest BCUT2D eigenvalue weighted by Gasteiger charge is -2.65. The fourth-order valence-electron chi connectivity index (χ4n) is 11.1. The standard InChI is InChI=1S/C41H53NO8/c1-26-32(48-34(43)27-13-7-5-8-14-27)25-33(49-35(44)28-15-9-6-10-16-28)36(47-26)50-41(37(45)46-4)24-23-40(42)31-19-18-29-17-11-12-21-38(29,2)30(31)20-22-39(40,41)3/h5-10,13-16,26,29-33,36H,11-12,17-25,42H2,1-4H3/t26-,29+,30+,31-,32+,33+,36+,38+,39+,40-,41+/m1/s1. The lowest BCUT2D eigenvalue weighted by Crippen LogP contribution is -2.71. The average molecular weight is 688 g/mol. The Kier molecular flexibility index (Phi) is 9.40. The Morgan fingerprint density at radius 1 is 0.760 bits per heavy atom. The fourth-order valence-corrected chi connectivity index (χ4v) is 11.1. The predicted octanol–water partition coefficient (Wildman–Crippen LogP) is 7.02. The molecule has 270 valence electrons. The summed E-state index contributed by atoms with van der Waals surface area (Å²) in [6.07, 6.45) is 6.66. The molecule has 2 N–H and O–H groups in total. The molecule has 0 spiro atoms. The zero-order valence-corrected chi connectivity index (χ0v) is 29.9. The van der Waals surface area contributed by atoms with Gasteiger partial charge in [0.1, 0.15) is 6.10 Å². The van der Waals surface area contributed by atoms with E-state index in [1.165, 1.54) is 39.2 Å². The molecule has 2 aromatic rings. The number of benzene rings is 2. The molecule has 50 heavy (non-hydrogen) atoms.